The molecule has 0 amide bonds. The van der Waals surface area contributed by atoms with E-state index in [-0.39, 0.29) is 19.0 Å². The van der Waals surface area contributed by atoms with E-state index >= 15 is 0 Å². The third kappa shape index (κ3) is 5.25. The van der Waals surface area contributed by atoms with Gasteiger partial charge in [-0.1, -0.05) is 41.7 Å². The number of ether oxygens (including phenoxy) is 3. The second kappa shape index (κ2) is 10.5. The quantitative estimate of drug-likeness (QED) is 0.222. The zero-order valence-electron chi connectivity index (χ0n) is 18.8. The first kappa shape index (κ1) is 25.6. The average Bonchev–Trinajstić information content (AvgIpc) is 3.09. The summed E-state index contributed by atoms with van der Waals surface area (Å²) in [6, 6.07) is 4.06. The first-order chi connectivity index (χ1) is 15.6. The number of esters is 1. The van der Waals surface area contributed by atoms with E-state index in [4.69, 9.17) is 54.4 Å². The van der Waals surface area contributed by atoms with Gasteiger partial charge in [-0.25, -0.2) is 0 Å². The van der Waals surface area contributed by atoms with Crippen LogP contribution in [0, 0.1) is 23.7 Å². The minimum absolute atomic E-state index is 0.0199. The summed E-state index contributed by atoms with van der Waals surface area (Å²) in [6.45, 7) is 7.21. The fourth-order valence-corrected chi connectivity index (χ4v) is 4.50. The van der Waals surface area contributed by atoms with Crippen molar-refractivity contribution in [2.24, 2.45) is 0 Å². The minimum atomic E-state index is -1.96. The molecule has 0 spiro atoms. The molecule has 178 valence electrons. The number of nitrogens with zero attached hydrogens (tertiary/aromatic N) is 2. The molecular weight excluding hydrogens is 489 g/mol. The number of carbonyl (C=O) groups excluding carboxylic acids is 1. The van der Waals surface area contributed by atoms with Crippen LogP contribution in [0.5, 0.6) is 0 Å². The lowest BCUT2D eigenvalue weighted by Gasteiger charge is -2.25. The fraction of sp³-hybridized carbons (Fsp3) is 0.522. The van der Waals surface area contributed by atoms with Crippen LogP contribution >= 0.6 is 34.8 Å². The molecule has 0 saturated carbocycles. The standard InChI is InChI=1S/C23H26Cl3N3O4/c1-4-7-29-20-13(3)15(12-33-22(28)23(24,25)26)9-14(11-27)19(20)16-6-8-32-17(21(16)29)10-18(30)31-5-2/h9,17,28H,4-8,10,12H2,1-3H3. The monoisotopic (exact) mass is 513 g/mol. The second-order valence-corrected chi connectivity index (χ2v) is 10.1. The number of hydrogen-bond acceptors (Lipinski definition) is 6. The van der Waals surface area contributed by atoms with Crippen molar-refractivity contribution < 1.29 is 19.0 Å². The van der Waals surface area contributed by atoms with Gasteiger partial charge in [0.25, 0.3) is 3.79 Å². The number of fused-ring (bicyclic) bond motifs is 3. The van der Waals surface area contributed by atoms with Crippen LogP contribution in [0.25, 0.3) is 10.9 Å². The molecule has 3 rings (SSSR count). The van der Waals surface area contributed by atoms with Gasteiger partial charge < -0.3 is 18.8 Å². The highest BCUT2D eigenvalue weighted by Crippen LogP contribution is 2.41. The summed E-state index contributed by atoms with van der Waals surface area (Å²) in [5.74, 6) is -0.808. The number of aromatic nitrogens is 1. The number of hydrogen-bond donors (Lipinski definition) is 1. The molecule has 1 aromatic carbocycles. The second-order valence-electron chi connectivity index (χ2n) is 7.79. The molecule has 10 heteroatoms. The van der Waals surface area contributed by atoms with Gasteiger partial charge in [-0.15, -0.1) is 0 Å². The van der Waals surface area contributed by atoms with Gasteiger partial charge in [-0.05, 0) is 49.4 Å². The molecule has 0 aliphatic carbocycles. The van der Waals surface area contributed by atoms with Gasteiger partial charge in [0, 0.05) is 11.9 Å². The highest BCUT2D eigenvalue weighted by Gasteiger charge is 2.33. The van der Waals surface area contributed by atoms with Crippen LogP contribution in [0.15, 0.2) is 6.07 Å². The molecule has 1 aliphatic heterocycles. The van der Waals surface area contributed by atoms with Crippen molar-refractivity contribution >= 4 is 57.6 Å². The zero-order chi connectivity index (χ0) is 24.3. The SMILES string of the molecule is CCCn1c2c(c3c(C#N)cc(COC(=N)C(Cl)(Cl)Cl)c(C)c31)CCOC2CC(=O)OCC. The Balaban J connectivity index is 2.17. The number of benzene rings is 1. The van der Waals surface area contributed by atoms with Crippen LogP contribution in [-0.2, 0) is 38.6 Å². The topological polar surface area (TPSA) is 97.3 Å². The van der Waals surface area contributed by atoms with E-state index in [1.54, 1.807) is 13.0 Å². The Bertz CT molecular complexity index is 1120. The third-order valence-corrected chi connectivity index (χ3v) is 6.18. The Morgan fingerprint density at radius 2 is 2.09 bits per heavy atom. The van der Waals surface area contributed by atoms with Gasteiger partial charge >= 0.3 is 5.97 Å². The first-order valence-corrected chi connectivity index (χ1v) is 11.9. The summed E-state index contributed by atoms with van der Waals surface area (Å²) in [4.78, 5) is 12.2. The van der Waals surface area contributed by atoms with Crippen LogP contribution in [0.4, 0.5) is 0 Å². The van der Waals surface area contributed by atoms with Gasteiger partial charge in [-0.2, -0.15) is 5.26 Å². The van der Waals surface area contributed by atoms with Crippen molar-refractivity contribution in [1.29, 1.82) is 10.7 Å². The fourth-order valence-electron chi connectivity index (χ4n) is 4.33. The van der Waals surface area contributed by atoms with Gasteiger partial charge in [-0.3, -0.25) is 10.2 Å². The summed E-state index contributed by atoms with van der Waals surface area (Å²) in [5.41, 5.74) is 4.96. The van der Waals surface area contributed by atoms with E-state index in [0.29, 0.717) is 37.3 Å². The molecule has 1 atom stereocenters. The number of halogens is 3. The highest BCUT2D eigenvalue weighted by atomic mass is 35.6. The summed E-state index contributed by atoms with van der Waals surface area (Å²) in [7, 11) is 0. The largest absolute Gasteiger partial charge is 0.473 e. The van der Waals surface area contributed by atoms with Crippen molar-refractivity contribution in [3.05, 3.63) is 34.0 Å². The van der Waals surface area contributed by atoms with Crippen molar-refractivity contribution in [2.45, 2.75) is 63.1 Å². The summed E-state index contributed by atoms with van der Waals surface area (Å²) < 4.78 is 16.7. The summed E-state index contributed by atoms with van der Waals surface area (Å²) >= 11 is 17.2. The molecule has 0 saturated heterocycles. The van der Waals surface area contributed by atoms with Crippen molar-refractivity contribution in [2.75, 3.05) is 13.2 Å². The molecule has 0 fully saturated rings. The van der Waals surface area contributed by atoms with Crippen LogP contribution in [0.2, 0.25) is 0 Å². The molecule has 1 N–H and O–H groups in total. The van der Waals surface area contributed by atoms with Crippen LogP contribution < -0.4 is 0 Å². The minimum Gasteiger partial charge on any atom is -0.473 e. The Morgan fingerprint density at radius 3 is 2.70 bits per heavy atom. The van der Waals surface area contributed by atoms with Gasteiger partial charge in [0.05, 0.1) is 42.5 Å². The van der Waals surface area contributed by atoms with E-state index in [1.807, 2.05) is 6.92 Å². The number of alkyl halides is 3. The molecule has 1 aromatic heterocycles. The van der Waals surface area contributed by atoms with E-state index in [1.165, 1.54) is 0 Å². The number of rotatable bonds is 7. The lowest BCUT2D eigenvalue weighted by molar-refractivity contribution is -0.146. The Kier molecular flexibility index (Phi) is 8.17. The van der Waals surface area contributed by atoms with Crippen LogP contribution in [-0.4, -0.2) is 33.4 Å². The maximum absolute atomic E-state index is 12.2. The molecular formula is C23H26Cl3N3O4. The molecule has 1 aliphatic rings. The lowest BCUT2D eigenvalue weighted by atomic mass is 9.95. The molecule has 0 bridgehead atoms. The summed E-state index contributed by atoms with van der Waals surface area (Å²) in [5, 5.41) is 18.7. The van der Waals surface area contributed by atoms with Crippen LogP contribution in [0.1, 0.15) is 60.7 Å². The predicted octanol–water partition coefficient (Wildman–Crippen LogP) is 5.66. The molecule has 2 heterocycles. The van der Waals surface area contributed by atoms with Gasteiger partial charge in [0.2, 0.25) is 5.90 Å². The van der Waals surface area contributed by atoms with E-state index < -0.39 is 15.8 Å². The molecule has 33 heavy (non-hydrogen) atoms. The maximum atomic E-state index is 12.2. The Labute approximate surface area is 207 Å². The van der Waals surface area contributed by atoms with Gasteiger partial charge in [0.15, 0.2) is 0 Å². The number of nitrogens with one attached hydrogen (secondary N) is 1. The Morgan fingerprint density at radius 1 is 1.36 bits per heavy atom. The Hall–Kier alpha value is -1.98. The predicted molar refractivity (Wildman–Crippen MR) is 128 cm³/mol. The first-order valence-electron chi connectivity index (χ1n) is 10.8. The number of nitriles is 1. The van der Waals surface area contributed by atoms with Crippen molar-refractivity contribution in [1.82, 2.24) is 4.57 Å². The molecule has 7 nitrogen and oxygen atoms in total. The van der Waals surface area contributed by atoms with Crippen LogP contribution in [0.3, 0.4) is 0 Å². The number of carbonyl (C=O) groups is 1. The van der Waals surface area contributed by atoms with Gasteiger partial charge in [0.1, 0.15) is 12.7 Å². The van der Waals surface area contributed by atoms with E-state index in [0.717, 1.165) is 34.1 Å². The average molecular weight is 515 g/mol. The highest BCUT2D eigenvalue weighted by molar-refractivity contribution is 6.76. The summed E-state index contributed by atoms with van der Waals surface area (Å²) in [6.07, 6.45) is 1.15. The number of aryl methyl sites for hydroxylation is 2. The molecule has 2 aromatic rings. The zero-order valence-corrected chi connectivity index (χ0v) is 21.0. The molecule has 0 radical (unpaired) electrons. The van der Waals surface area contributed by atoms with E-state index in [2.05, 4.69) is 17.6 Å². The molecule has 1 unspecified atom stereocenters. The normalized spacial score (nSPS) is 15.7. The maximum Gasteiger partial charge on any atom is 0.308 e. The van der Waals surface area contributed by atoms with E-state index in [9.17, 15) is 10.1 Å². The lowest BCUT2D eigenvalue weighted by Crippen LogP contribution is -2.22. The van der Waals surface area contributed by atoms with Crippen molar-refractivity contribution in [3.8, 4) is 6.07 Å². The smallest absolute Gasteiger partial charge is 0.308 e. The third-order valence-electron chi connectivity index (χ3n) is 5.66. The van der Waals surface area contributed by atoms with Crippen molar-refractivity contribution in [3.63, 3.8) is 0 Å².